The summed E-state index contributed by atoms with van der Waals surface area (Å²) in [6, 6.07) is 16.3. The first kappa shape index (κ1) is 33.6. The lowest BCUT2D eigenvalue weighted by molar-refractivity contribution is 0.102. The van der Waals surface area contributed by atoms with Crippen LogP contribution < -0.4 is 16.4 Å². The van der Waals surface area contributed by atoms with Crippen molar-refractivity contribution in [2.75, 3.05) is 17.6 Å². The first-order valence-electron chi connectivity index (χ1n) is 18.5. The number of nitrogens with zero attached hydrogens (tertiary/aromatic N) is 5. The fraction of sp³-hybridized carbons (Fsp3) is 0.513. The first-order chi connectivity index (χ1) is 24.0. The highest BCUT2D eigenvalue weighted by Gasteiger charge is 2.45. The van der Waals surface area contributed by atoms with Crippen LogP contribution in [0.25, 0.3) is 32.5 Å². The molecule has 7 rings (SSSR count). The molecule has 2 fully saturated rings. The van der Waals surface area contributed by atoms with Gasteiger partial charge in [0.15, 0.2) is 10.8 Å². The van der Waals surface area contributed by atoms with Gasteiger partial charge in [-0.15, -0.1) is 0 Å². The Morgan fingerprint density at radius 3 is 2.63 bits per heavy atom. The minimum atomic E-state index is -0.197. The number of fused-ring (bicyclic) bond motifs is 3. The molecule has 0 radical (unpaired) electrons. The lowest BCUT2D eigenvalue weighted by Gasteiger charge is -2.25. The van der Waals surface area contributed by atoms with Crippen LogP contribution in [0, 0.1) is 17.8 Å². The van der Waals surface area contributed by atoms with E-state index < -0.39 is 0 Å². The van der Waals surface area contributed by atoms with E-state index in [2.05, 4.69) is 39.1 Å². The van der Waals surface area contributed by atoms with Gasteiger partial charge in [0.2, 0.25) is 0 Å². The van der Waals surface area contributed by atoms with Crippen molar-refractivity contribution in [3.63, 3.8) is 0 Å². The molecule has 3 aromatic heterocycles. The molecule has 4 N–H and O–H groups in total. The largest absolute Gasteiger partial charge is 0.383 e. The topological polar surface area (TPSA) is 124 Å². The summed E-state index contributed by atoms with van der Waals surface area (Å²) in [4.78, 5) is 26.7. The Hall–Kier alpha value is -3.89. The van der Waals surface area contributed by atoms with Crippen LogP contribution in [-0.4, -0.2) is 43.2 Å². The fourth-order valence-electron chi connectivity index (χ4n) is 8.45. The van der Waals surface area contributed by atoms with E-state index in [1.807, 2.05) is 48.5 Å². The Labute approximate surface area is 293 Å². The van der Waals surface area contributed by atoms with Crippen LogP contribution in [0.2, 0.25) is 0 Å². The Kier molecular flexibility index (Phi) is 10.5. The highest BCUT2D eigenvalue weighted by atomic mass is 32.1. The summed E-state index contributed by atoms with van der Waals surface area (Å²) < 4.78 is 3.17. The van der Waals surface area contributed by atoms with Crippen LogP contribution in [-0.2, 0) is 0 Å². The van der Waals surface area contributed by atoms with E-state index in [-0.39, 0.29) is 11.9 Å². The Morgan fingerprint density at radius 2 is 1.82 bits per heavy atom. The molecule has 258 valence electrons. The number of hydrogen-bond donors (Lipinski definition) is 3. The van der Waals surface area contributed by atoms with Gasteiger partial charge in [-0.1, -0.05) is 107 Å². The summed E-state index contributed by atoms with van der Waals surface area (Å²) in [5.74, 6) is 2.35. The summed E-state index contributed by atoms with van der Waals surface area (Å²) >= 11 is 1.47. The van der Waals surface area contributed by atoms with E-state index in [1.54, 1.807) is 6.33 Å². The molecule has 1 saturated carbocycles. The molecule has 4 heterocycles. The van der Waals surface area contributed by atoms with Gasteiger partial charge in [-0.3, -0.25) is 10.1 Å². The maximum absolute atomic E-state index is 13.1. The number of rotatable bonds is 15. The standard InChI is InChI=1S/C39H50N8OS/c1-3-5-6-7-8-9-13-25(12-4-2)20-32-30-22-29(21-28(30)23-41-32)47-37-34(36(40)42-24-43-37)35(46-47)26-16-18-27(19-17-26)38(48)45-39-44-31-14-10-11-15-33(31)49-39/h10-11,14-19,24-25,28-30,32,41H,3-9,12-13,20-23H2,1-2H3,(H2,40,42,43)(H,44,45,48). The molecule has 1 amide bonds. The zero-order valence-electron chi connectivity index (χ0n) is 28.9. The van der Waals surface area contributed by atoms with Crippen molar-refractivity contribution in [1.82, 2.24) is 30.0 Å². The van der Waals surface area contributed by atoms with Crippen molar-refractivity contribution in [1.29, 1.82) is 0 Å². The number of thiazole rings is 1. The second kappa shape index (κ2) is 15.3. The van der Waals surface area contributed by atoms with Crippen LogP contribution in [0.3, 0.4) is 0 Å². The molecule has 10 heteroatoms. The molecule has 5 aromatic rings. The van der Waals surface area contributed by atoms with Crippen LogP contribution in [0.5, 0.6) is 0 Å². The third-order valence-electron chi connectivity index (χ3n) is 10.9. The smallest absolute Gasteiger partial charge is 0.257 e. The van der Waals surface area contributed by atoms with E-state index in [4.69, 9.17) is 15.8 Å². The molecule has 0 bridgehead atoms. The number of benzene rings is 2. The Bertz CT molecular complexity index is 1830. The van der Waals surface area contributed by atoms with Crippen LogP contribution >= 0.6 is 11.3 Å². The molecule has 1 aliphatic heterocycles. The number of nitrogen functional groups attached to an aromatic ring is 1. The molecule has 1 saturated heterocycles. The molecule has 2 aromatic carbocycles. The second-order valence-electron chi connectivity index (χ2n) is 14.3. The molecule has 0 spiro atoms. The summed E-state index contributed by atoms with van der Waals surface area (Å²) in [7, 11) is 0. The van der Waals surface area contributed by atoms with Crippen LogP contribution in [0.1, 0.15) is 107 Å². The van der Waals surface area contributed by atoms with Crippen LogP contribution in [0.4, 0.5) is 10.9 Å². The maximum Gasteiger partial charge on any atom is 0.257 e. The third-order valence-corrected chi connectivity index (χ3v) is 11.9. The van der Waals surface area contributed by atoms with Gasteiger partial charge in [-0.05, 0) is 67.8 Å². The molecular formula is C39H50N8OS. The molecule has 49 heavy (non-hydrogen) atoms. The molecule has 5 atom stereocenters. The molecule has 2 aliphatic rings. The van der Waals surface area contributed by atoms with Crippen molar-refractivity contribution >= 4 is 49.4 Å². The molecular weight excluding hydrogens is 629 g/mol. The highest BCUT2D eigenvalue weighted by Crippen LogP contribution is 2.47. The Balaban J connectivity index is 1.05. The lowest BCUT2D eigenvalue weighted by Crippen LogP contribution is -2.30. The average Bonchev–Trinajstić information content (AvgIpc) is 3.89. The molecule has 5 unspecified atom stereocenters. The fourth-order valence-corrected chi connectivity index (χ4v) is 9.31. The number of carbonyl (C=O) groups excluding carboxylic acids is 1. The number of aromatic nitrogens is 5. The van der Waals surface area contributed by atoms with Gasteiger partial charge in [0, 0.05) is 17.2 Å². The number of unbranched alkanes of at least 4 members (excludes halogenated alkanes) is 5. The number of nitrogens with two attached hydrogens (primary N) is 1. The molecule has 9 nitrogen and oxygen atoms in total. The first-order valence-corrected chi connectivity index (χ1v) is 19.3. The van der Waals surface area contributed by atoms with Gasteiger partial charge >= 0.3 is 0 Å². The van der Waals surface area contributed by atoms with Gasteiger partial charge < -0.3 is 11.1 Å². The minimum absolute atomic E-state index is 0.197. The quantitative estimate of drug-likeness (QED) is 0.0944. The zero-order valence-corrected chi connectivity index (χ0v) is 29.7. The SMILES string of the molecule is CCCCCCCCC(CCC)CC1NCC2CC(n3nc(-c4ccc(C(=O)Nc5nc6ccccc6s5)cc4)c4c(N)ncnc43)CC21. The van der Waals surface area contributed by atoms with E-state index in [1.165, 1.54) is 75.5 Å². The second-order valence-corrected chi connectivity index (χ2v) is 15.3. The number of amides is 1. The number of nitrogens with one attached hydrogen (secondary N) is 2. The molecule has 1 aliphatic carbocycles. The van der Waals surface area contributed by atoms with Gasteiger partial charge in [0.05, 0.1) is 21.6 Å². The summed E-state index contributed by atoms with van der Waals surface area (Å²) in [6.07, 6.45) is 17.2. The van der Waals surface area contributed by atoms with E-state index >= 15 is 0 Å². The summed E-state index contributed by atoms with van der Waals surface area (Å²) in [5, 5.41) is 13.4. The normalized spacial score (nSPS) is 21.0. The summed E-state index contributed by atoms with van der Waals surface area (Å²) in [5.41, 5.74) is 10.4. The average molecular weight is 679 g/mol. The number of hydrogen-bond acceptors (Lipinski definition) is 8. The predicted molar refractivity (Wildman–Crippen MR) is 201 cm³/mol. The summed E-state index contributed by atoms with van der Waals surface area (Å²) in [6.45, 7) is 5.72. The number of carbonyl (C=O) groups is 1. The van der Waals surface area contributed by atoms with Gasteiger partial charge in [0.25, 0.3) is 5.91 Å². The van der Waals surface area contributed by atoms with Crippen molar-refractivity contribution in [3.8, 4) is 11.3 Å². The number of para-hydroxylation sites is 1. The van der Waals surface area contributed by atoms with Crippen molar-refractivity contribution in [2.45, 2.75) is 103 Å². The van der Waals surface area contributed by atoms with E-state index in [0.29, 0.717) is 34.4 Å². The Morgan fingerprint density at radius 1 is 1.00 bits per heavy atom. The number of anilines is 2. The van der Waals surface area contributed by atoms with Crippen molar-refractivity contribution in [2.24, 2.45) is 17.8 Å². The van der Waals surface area contributed by atoms with Crippen molar-refractivity contribution < 1.29 is 4.79 Å². The minimum Gasteiger partial charge on any atom is -0.383 e. The van der Waals surface area contributed by atoms with Gasteiger partial charge in [-0.2, -0.15) is 5.10 Å². The van der Waals surface area contributed by atoms with Gasteiger partial charge in [-0.25, -0.2) is 19.6 Å². The van der Waals surface area contributed by atoms with E-state index in [9.17, 15) is 4.79 Å². The van der Waals surface area contributed by atoms with Crippen molar-refractivity contribution in [3.05, 3.63) is 60.4 Å². The van der Waals surface area contributed by atoms with Crippen LogP contribution in [0.15, 0.2) is 54.9 Å². The zero-order chi connectivity index (χ0) is 33.7. The predicted octanol–water partition coefficient (Wildman–Crippen LogP) is 9.03. The monoisotopic (exact) mass is 678 g/mol. The van der Waals surface area contributed by atoms with E-state index in [0.717, 1.165) is 57.8 Å². The third kappa shape index (κ3) is 7.36. The lowest BCUT2D eigenvalue weighted by atomic mass is 9.84. The maximum atomic E-state index is 13.1. The highest BCUT2D eigenvalue weighted by molar-refractivity contribution is 7.22. The van der Waals surface area contributed by atoms with Gasteiger partial charge in [0.1, 0.15) is 17.8 Å².